The third-order valence-electron chi connectivity index (χ3n) is 7.35. The van der Waals surface area contributed by atoms with Gasteiger partial charge < -0.3 is 20.3 Å². The second-order valence-corrected chi connectivity index (χ2v) is 13.3. The van der Waals surface area contributed by atoms with Crippen molar-refractivity contribution in [3.8, 4) is 5.75 Å². The fourth-order valence-corrected chi connectivity index (χ4v) is 5.49. The summed E-state index contributed by atoms with van der Waals surface area (Å²) in [4.78, 5) is 36.1. The largest absolute Gasteiger partial charge is 0.489 e. The maximum atomic E-state index is 14.0. The summed E-state index contributed by atoms with van der Waals surface area (Å²) in [6.07, 6.45) is 0.772. The number of carbonyl (C=O) groups excluding carboxylic acids is 2. The summed E-state index contributed by atoms with van der Waals surface area (Å²) in [5.41, 5.74) is 6.38. The Morgan fingerprint density at radius 1 is 0.844 bits per heavy atom. The van der Waals surface area contributed by atoms with Gasteiger partial charge in [-0.2, -0.15) is 0 Å². The van der Waals surface area contributed by atoms with E-state index in [1.807, 2.05) is 107 Å². The molecule has 0 fully saturated rings. The lowest BCUT2D eigenvalue weighted by Gasteiger charge is -2.30. The minimum absolute atomic E-state index is 0.215. The Hall–Kier alpha value is -4.21. The molecule has 0 radical (unpaired) electrons. The fourth-order valence-electron chi connectivity index (χ4n) is 4.92. The smallest absolute Gasteiger partial charge is 0.243 e. The summed E-state index contributed by atoms with van der Waals surface area (Å²) < 4.78 is 5.94. The number of likely N-dealkylation sites (N-methyl/N-ethyl adjacent to an activating group) is 1. The Balaban J connectivity index is 1.49. The number of nitrogens with one attached hydrogen (secondary N) is 2. The van der Waals surface area contributed by atoms with E-state index in [2.05, 4.69) is 44.8 Å². The summed E-state index contributed by atoms with van der Waals surface area (Å²) in [7, 11) is 5.96. The van der Waals surface area contributed by atoms with Gasteiger partial charge >= 0.3 is 0 Å². The van der Waals surface area contributed by atoms with Gasteiger partial charge in [-0.1, -0.05) is 54.6 Å². The van der Waals surface area contributed by atoms with Crippen molar-refractivity contribution in [3.63, 3.8) is 0 Å². The predicted molar refractivity (Wildman–Crippen MR) is 183 cm³/mol. The number of rotatable bonds is 14. The predicted octanol–water partition coefficient (Wildman–Crippen LogP) is 5.47. The van der Waals surface area contributed by atoms with Crippen LogP contribution in [0.1, 0.15) is 43.2 Å². The molecule has 0 aliphatic heterocycles. The first kappa shape index (κ1) is 33.7. The van der Waals surface area contributed by atoms with Crippen molar-refractivity contribution in [1.82, 2.24) is 20.5 Å². The van der Waals surface area contributed by atoms with Crippen molar-refractivity contribution in [3.05, 3.63) is 112 Å². The fraction of sp³-hybridized carbons (Fsp3) is 0.361. The first-order valence-electron chi connectivity index (χ1n) is 15.2. The van der Waals surface area contributed by atoms with Crippen LogP contribution < -0.4 is 20.3 Å². The zero-order valence-corrected chi connectivity index (χ0v) is 27.9. The van der Waals surface area contributed by atoms with Gasteiger partial charge in [0.15, 0.2) is 0 Å². The molecule has 9 heteroatoms. The van der Waals surface area contributed by atoms with Crippen LogP contribution in [0.4, 0.5) is 5.69 Å². The van der Waals surface area contributed by atoms with Crippen molar-refractivity contribution < 1.29 is 14.3 Å². The van der Waals surface area contributed by atoms with Crippen LogP contribution in [0, 0.1) is 0 Å². The lowest BCUT2D eigenvalue weighted by atomic mass is 10.0. The molecule has 0 bridgehead atoms. The van der Waals surface area contributed by atoms with E-state index in [9.17, 15) is 9.59 Å². The molecule has 0 spiro atoms. The Kier molecular flexibility index (Phi) is 11.7. The second kappa shape index (κ2) is 15.7. The monoisotopic (exact) mass is 627 g/mol. The highest BCUT2D eigenvalue weighted by Crippen LogP contribution is 2.18. The average molecular weight is 628 g/mol. The molecule has 0 saturated carbocycles. The number of nitrogens with zero attached hydrogens (tertiary/aromatic N) is 3. The molecular weight excluding hydrogens is 582 g/mol. The Morgan fingerprint density at radius 2 is 1.51 bits per heavy atom. The van der Waals surface area contributed by atoms with E-state index in [4.69, 9.17) is 4.74 Å². The van der Waals surface area contributed by atoms with Crippen molar-refractivity contribution in [2.45, 2.75) is 64.4 Å². The van der Waals surface area contributed by atoms with E-state index in [-0.39, 0.29) is 11.8 Å². The van der Waals surface area contributed by atoms with Crippen molar-refractivity contribution in [1.29, 1.82) is 0 Å². The normalized spacial score (nSPS) is 12.8. The first-order valence-corrected chi connectivity index (χ1v) is 16.1. The molecule has 1 heterocycles. The van der Waals surface area contributed by atoms with E-state index in [0.29, 0.717) is 26.0 Å². The highest BCUT2D eigenvalue weighted by molar-refractivity contribution is 7.07. The number of ether oxygens (including phenoxy) is 1. The minimum atomic E-state index is -0.765. The van der Waals surface area contributed by atoms with E-state index in [0.717, 1.165) is 33.8 Å². The standard InChI is InChI=1S/C36H45N5O3S/c1-36(2,3)39-34(42)32(20-26-14-18-31(19-15-26)44-23-28-10-8-7-9-11-28)38-35(43)33(21-29-24-45-25-37-29)41(6)22-27-12-16-30(17-13-27)40(4)5/h7-19,24-25,32-33H,20-23H2,1-6H3,(H,38,43)(H,39,42). The SMILES string of the molecule is CN(C)c1ccc(CN(C)C(Cc2cscn2)C(=O)NC(Cc2ccc(OCc3ccccc3)cc2)C(=O)NC(C)(C)C)cc1. The highest BCUT2D eigenvalue weighted by Gasteiger charge is 2.30. The number of thiazole rings is 1. The van der Waals surface area contributed by atoms with E-state index >= 15 is 0 Å². The molecule has 8 nitrogen and oxygen atoms in total. The zero-order valence-electron chi connectivity index (χ0n) is 27.1. The topological polar surface area (TPSA) is 86.8 Å². The average Bonchev–Trinajstić information content (AvgIpc) is 3.52. The van der Waals surface area contributed by atoms with Gasteiger partial charge in [0, 0.05) is 50.1 Å². The van der Waals surface area contributed by atoms with Gasteiger partial charge in [-0.15, -0.1) is 11.3 Å². The number of hydrogen-bond donors (Lipinski definition) is 2. The van der Waals surface area contributed by atoms with Gasteiger partial charge in [-0.3, -0.25) is 14.5 Å². The highest BCUT2D eigenvalue weighted by atomic mass is 32.1. The van der Waals surface area contributed by atoms with E-state index < -0.39 is 17.6 Å². The third kappa shape index (κ3) is 10.7. The van der Waals surface area contributed by atoms with Gasteiger partial charge in [0.05, 0.1) is 17.2 Å². The zero-order chi connectivity index (χ0) is 32.4. The van der Waals surface area contributed by atoms with E-state index in [1.54, 1.807) is 5.51 Å². The molecule has 2 amide bonds. The summed E-state index contributed by atoms with van der Waals surface area (Å²) in [5, 5.41) is 8.12. The number of anilines is 1. The molecule has 2 atom stereocenters. The number of hydrogen-bond acceptors (Lipinski definition) is 7. The number of amides is 2. The molecule has 2 unspecified atom stereocenters. The molecule has 3 aromatic carbocycles. The molecule has 2 N–H and O–H groups in total. The van der Waals surface area contributed by atoms with Crippen LogP contribution in [0.15, 0.2) is 89.8 Å². The van der Waals surface area contributed by atoms with Gasteiger partial charge in [0.1, 0.15) is 18.4 Å². The molecule has 0 aliphatic carbocycles. The Bertz CT molecular complexity index is 1480. The Morgan fingerprint density at radius 3 is 2.11 bits per heavy atom. The van der Waals surface area contributed by atoms with Crippen LogP contribution in [0.2, 0.25) is 0 Å². The summed E-state index contributed by atoms with van der Waals surface area (Å²) in [6, 6.07) is 24.7. The molecule has 1 aromatic heterocycles. The quantitative estimate of drug-likeness (QED) is 0.193. The van der Waals surface area contributed by atoms with E-state index in [1.165, 1.54) is 11.3 Å². The molecule has 4 aromatic rings. The van der Waals surface area contributed by atoms with Crippen LogP contribution in [0.5, 0.6) is 5.75 Å². The lowest BCUT2D eigenvalue weighted by molar-refractivity contribution is -0.132. The minimum Gasteiger partial charge on any atom is -0.489 e. The summed E-state index contributed by atoms with van der Waals surface area (Å²) in [6.45, 7) is 6.84. The molecule has 45 heavy (non-hydrogen) atoms. The van der Waals surface area contributed by atoms with Crippen LogP contribution in [0.25, 0.3) is 0 Å². The third-order valence-corrected chi connectivity index (χ3v) is 7.98. The number of benzene rings is 3. The van der Waals surface area contributed by atoms with Gasteiger partial charge in [0.25, 0.3) is 0 Å². The van der Waals surface area contributed by atoms with Gasteiger partial charge in [-0.05, 0) is 68.8 Å². The molecular formula is C36H45N5O3S. The molecule has 0 saturated heterocycles. The summed E-state index contributed by atoms with van der Waals surface area (Å²) >= 11 is 1.50. The Labute approximate surface area is 271 Å². The first-order chi connectivity index (χ1) is 21.5. The van der Waals surface area contributed by atoms with Crippen molar-refractivity contribution in [2.75, 3.05) is 26.0 Å². The van der Waals surface area contributed by atoms with Crippen molar-refractivity contribution >= 4 is 28.8 Å². The van der Waals surface area contributed by atoms with Gasteiger partial charge in [0.2, 0.25) is 11.8 Å². The molecule has 4 rings (SSSR count). The number of carbonyl (C=O) groups is 2. The maximum absolute atomic E-state index is 14.0. The van der Waals surface area contributed by atoms with Crippen LogP contribution >= 0.6 is 11.3 Å². The van der Waals surface area contributed by atoms with Crippen LogP contribution in [0.3, 0.4) is 0 Å². The van der Waals surface area contributed by atoms with Gasteiger partial charge in [-0.25, -0.2) is 4.98 Å². The van der Waals surface area contributed by atoms with Crippen LogP contribution in [-0.4, -0.2) is 60.5 Å². The molecule has 0 aliphatic rings. The molecule has 238 valence electrons. The lowest BCUT2D eigenvalue weighted by Crippen LogP contribution is -2.56. The second-order valence-electron chi connectivity index (χ2n) is 12.6. The summed E-state index contributed by atoms with van der Waals surface area (Å²) in [5.74, 6) is 0.299. The van der Waals surface area contributed by atoms with Crippen LogP contribution in [-0.2, 0) is 35.6 Å². The maximum Gasteiger partial charge on any atom is 0.243 e. The number of aromatic nitrogens is 1. The van der Waals surface area contributed by atoms with Crippen molar-refractivity contribution in [2.24, 2.45) is 0 Å².